The molecule has 0 aliphatic carbocycles. The lowest BCUT2D eigenvalue weighted by Crippen LogP contribution is -2.50. The number of nitro benzene ring substituents is 2. The van der Waals surface area contributed by atoms with Crippen LogP contribution in [0.4, 0.5) is 11.4 Å². The van der Waals surface area contributed by atoms with Crippen LogP contribution < -0.4 is 10.4 Å². The molecule has 4 aromatic rings. The van der Waals surface area contributed by atoms with Crippen molar-refractivity contribution in [2.75, 3.05) is 26.2 Å². The number of hydrazine groups is 1. The topological polar surface area (TPSA) is 203 Å². The zero-order valence-electron chi connectivity index (χ0n) is 21.8. The van der Waals surface area contributed by atoms with Gasteiger partial charge in [0.2, 0.25) is 11.0 Å². The molecule has 1 aliphatic rings. The number of carbonyl (C=O) groups is 1. The van der Waals surface area contributed by atoms with E-state index in [9.17, 15) is 35.0 Å². The summed E-state index contributed by atoms with van der Waals surface area (Å²) < 4.78 is 0. The molecule has 1 N–H and O–H groups in total. The van der Waals surface area contributed by atoms with E-state index in [1.165, 1.54) is 5.01 Å². The second-order valence-electron chi connectivity index (χ2n) is 9.26. The highest BCUT2D eigenvalue weighted by Gasteiger charge is 2.27. The SMILES string of the molecule is O=C(c1cccc(Cc2n[nH]c(=O)c3ccccc23)c1)N1CCN(/[N+]([O-])=N\Oc2ccc([N+](=O)[O-])cc2[N+](=O)[O-])CC1. The summed E-state index contributed by atoms with van der Waals surface area (Å²) in [6, 6.07) is 16.9. The molecule has 3 aromatic carbocycles. The summed E-state index contributed by atoms with van der Waals surface area (Å²) in [7, 11) is 0. The Morgan fingerprint density at radius 3 is 2.38 bits per heavy atom. The van der Waals surface area contributed by atoms with Crippen molar-refractivity contribution in [2.45, 2.75) is 6.42 Å². The van der Waals surface area contributed by atoms with Crippen LogP contribution in [-0.4, -0.2) is 67.0 Å². The maximum atomic E-state index is 13.2. The highest BCUT2D eigenvalue weighted by atomic mass is 16.7. The van der Waals surface area contributed by atoms with Gasteiger partial charge in [-0.3, -0.25) is 34.7 Å². The summed E-state index contributed by atoms with van der Waals surface area (Å²) in [5, 5.41) is 47.1. The zero-order valence-corrected chi connectivity index (χ0v) is 21.8. The maximum absolute atomic E-state index is 13.2. The van der Waals surface area contributed by atoms with Crippen molar-refractivity contribution >= 4 is 28.1 Å². The lowest BCUT2D eigenvalue weighted by molar-refractivity contribution is -0.708. The number of fused-ring (bicyclic) bond motifs is 1. The number of hydrogen-bond donors (Lipinski definition) is 1. The van der Waals surface area contributed by atoms with Crippen molar-refractivity contribution in [3.05, 3.63) is 119 Å². The molecule has 0 bridgehead atoms. The lowest BCUT2D eigenvalue weighted by Gasteiger charge is -2.31. The maximum Gasteiger partial charge on any atom is 0.321 e. The first kappa shape index (κ1) is 27.6. The third-order valence-electron chi connectivity index (χ3n) is 6.66. The summed E-state index contributed by atoms with van der Waals surface area (Å²) in [6.07, 6.45) is 0.395. The molecule has 16 heteroatoms. The number of H-pyrrole nitrogens is 1. The van der Waals surface area contributed by atoms with Gasteiger partial charge in [-0.2, -0.15) is 5.10 Å². The number of piperazine rings is 1. The summed E-state index contributed by atoms with van der Waals surface area (Å²) >= 11 is 0. The van der Waals surface area contributed by atoms with Crippen molar-refractivity contribution in [3.63, 3.8) is 0 Å². The van der Waals surface area contributed by atoms with E-state index in [1.54, 1.807) is 35.2 Å². The molecule has 5 rings (SSSR count). The predicted octanol–water partition coefficient (Wildman–Crippen LogP) is 2.96. The summed E-state index contributed by atoms with van der Waals surface area (Å²) in [5.41, 5.74) is 0.438. The van der Waals surface area contributed by atoms with Crippen LogP contribution in [-0.2, 0) is 6.42 Å². The van der Waals surface area contributed by atoms with Gasteiger partial charge in [0.1, 0.15) is 0 Å². The molecule has 0 radical (unpaired) electrons. The van der Waals surface area contributed by atoms with E-state index in [0.717, 1.165) is 23.1 Å². The van der Waals surface area contributed by atoms with Crippen LogP contribution in [0.5, 0.6) is 5.75 Å². The lowest BCUT2D eigenvalue weighted by atomic mass is 10.0. The molecule has 42 heavy (non-hydrogen) atoms. The third kappa shape index (κ3) is 5.81. The van der Waals surface area contributed by atoms with Gasteiger partial charge in [-0.25, -0.2) is 5.10 Å². The molecule has 1 saturated heterocycles. The van der Waals surface area contributed by atoms with Crippen LogP contribution >= 0.6 is 0 Å². The van der Waals surface area contributed by atoms with Crippen molar-refractivity contribution in [2.24, 2.45) is 5.28 Å². The van der Waals surface area contributed by atoms with Crippen LogP contribution in [0.2, 0.25) is 0 Å². The Morgan fingerprint density at radius 2 is 1.67 bits per heavy atom. The minimum atomic E-state index is -0.883. The molecule has 0 unspecified atom stereocenters. The van der Waals surface area contributed by atoms with Crippen molar-refractivity contribution < 1.29 is 24.4 Å². The summed E-state index contributed by atoms with van der Waals surface area (Å²) in [5.74, 6) is -0.673. The van der Waals surface area contributed by atoms with E-state index >= 15 is 0 Å². The van der Waals surface area contributed by atoms with Crippen LogP contribution in [0, 0.1) is 25.4 Å². The zero-order chi connectivity index (χ0) is 29.8. The molecule has 0 spiro atoms. The van der Waals surface area contributed by atoms with Crippen molar-refractivity contribution in [1.29, 1.82) is 0 Å². The van der Waals surface area contributed by atoms with Crippen LogP contribution in [0.3, 0.4) is 0 Å². The van der Waals surface area contributed by atoms with E-state index in [4.69, 9.17) is 4.84 Å². The molecule has 1 aliphatic heterocycles. The second kappa shape index (κ2) is 11.7. The Balaban J connectivity index is 1.22. The minimum Gasteiger partial charge on any atom is -0.569 e. The van der Waals surface area contributed by atoms with Gasteiger partial charge in [0.05, 0.1) is 45.1 Å². The smallest absolute Gasteiger partial charge is 0.321 e. The van der Waals surface area contributed by atoms with Gasteiger partial charge in [-0.1, -0.05) is 30.3 Å². The fraction of sp³-hybridized carbons (Fsp3) is 0.192. The van der Waals surface area contributed by atoms with Crippen molar-refractivity contribution in [1.82, 2.24) is 20.1 Å². The number of nitrogens with one attached hydrogen (secondary N) is 1. The van der Waals surface area contributed by atoms with Gasteiger partial charge in [-0.15, -0.1) is 5.01 Å². The van der Waals surface area contributed by atoms with Gasteiger partial charge >= 0.3 is 5.69 Å². The average Bonchev–Trinajstić information content (AvgIpc) is 3.01. The molecular weight excluding hydrogens is 552 g/mol. The van der Waals surface area contributed by atoms with Gasteiger partial charge in [-0.05, 0) is 29.8 Å². The number of nitrogens with zero attached hydrogens (tertiary/aromatic N) is 7. The Bertz CT molecular complexity index is 1780. The van der Waals surface area contributed by atoms with Crippen LogP contribution in [0.15, 0.2) is 76.8 Å². The summed E-state index contributed by atoms with van der Waals surface area (Å²) in [6.45, 7) is 0.608. The fourth-order valence-electron chi connectivity index (χ4n) is 4.54. The molecular formula is C26H22N8O8. The number of hydrogen-bond acceptors (Lipinski definition) is 10. The highest BCUT2D eigenvalue weighted by Crippen LogP contribution is 2.31. The first-order valence-corrected chi connectivity index (χ1v) is 12.6. The predicted molar refractivity (Wildman–Crippen MR) is 146 cm³/mol. The number of benzene rings is 3. The molecule has 1 fully saturated rings. The number of aromatic amines is 1. The number of non-ortho nitro benzene ring substituents is 1. The normalized spacial score (nSPS) is 13.7. The molecule has 0 saturated carbocycles. The molecule has 1 aromatic heterocycles. The quantitative estimate of drug-likeness (QED) is 0.141. The van der Waals surface area contributed by atoms with E-state index in [0.29, 0.717) is 29.1 Å². The summed E-state index contributed by atoms with van der Waals surface area (Å²) in [4.78, 5) is 52.4. The average molecular weight is 575 g/mol. The van der Waals surface area contributed by atoms with Gasteiger partial charge in [0.25, 0.3) is 17.2 Å². The number of nitro groups is 2. The second-order valence-corrected chi connectivity index (χ2v) is 9.26. The standard InChI is InChI=1S/C26H22N8O8/c35-25-21-7-2-1-6-20(21)22(27-28-25)15-17-4-3-5-18(14-17)26(36)30-10-12-31(13-11-30)34(41)29-42-24-9-8-19(32(37)38)16-23(24)33(39)40/h1-9,14,16H,10-13,15H2,(H,28,35)/b34-29+. The third-order valence-corrected chi connectivity index (χ3v) is 6.66. The van der Waals surface area contributed by atoms with Gasteiger partial charge in [0.15, 0.2) is 0 Å². The Kier molecular flexibility index (Phi) is 7.67. The van der Waals surface area contributed by atoms with Crippen molar-refractivity contribution in [3.8, 4) is 5.75 Å². The molecule has 16 nitrogen and oxygen atoms in total. The largest absolute Gasteiger partial charge is 0.569 e. The first-order valence-electron chi connectivity index (χ1n) is 12.6. The number of carbonyl (C=O) groups excluding carboxylic acids is 1. The van der Waals surface area contributed by atoms with E-state index < -0.39 is 27.0 Å². The number of amides is 1. The van der Waals surface area contributed by atoms with Crippen LogP contribution in [0.1, 0.15) is 21.6 Å². The van der Waals surface area contributed by atoms with Gasteiger partial charge < -0.3 is 10.1 Å². The minimum absolute atomic E-state index is 0.109. The van der Waals surface area contributed by atoms with E-state index in [-0.39, 0.29) is 42.6 Å². The Morgan fingerprint density at radius 1 is 0.929 bits per heavy atom. The fourth-order valence-corrected chi connectivity index (χ4v) is 4.54. The molecule has 214 valence electrons. The van der Waals surface area contributed by atoms with Gasteiger partial charge in [0, 0.05) is 36.5 Å². The highest BCUT2D eigenvalue weighted by molar-refractivity contribution is 5.94. The first-order chi connectivity index (χ1) is 20.2. The Labute approximate surface area is 235 Å². The monoisotopic (exact) mass is 574 g/mol. The molecule has 1 amide bonds. The van der Waals surface area contributed by atoms with Crippen LogP contribution in [0.25, 0.3) is 10.8 Å². The number of rotatable bonds is 8. The van der Waals surface area contributed by atoms with E-state index in [2.05, 4.69) is 15.5 Å². The molecule has 0 atom stereocenters. The number of aromatic nitrogens is 2. The Hall–Kier alpha value is -5.93. The molecule has 2 heterocycles. The van der Waals surface area contributed by atoms with E-state index in [1.807, 2.05) is 18.2 Å².